The maximum Gasteiger partial charge on any atom is 0.161 e. The summed E-state index contributed by atoms with van der Waals surface area (Å²) in [7, 11) is 0. The molecule has 2 heterocycles. The number of nitrogens with two attached hydrogens (primary N) is 1. The predicted molar refractivity (Wildman–Crippen MR) is 121 cm³/mol. The standard InChI is InChI=1S/C21H18ClN3OS.C2H6O/c1-12-9-10-27-20(12)18-15(11-23)21(24)25(14-7-5-13(22)6-8-14)16-3-2-4-17(26)19(16)18;1-2-3/h5-10,18H,2-4,24H2,1H3;3H,2H2,1H3. The van der Waals surface area contributed by atoms with Gasteiger partial charge in [0.15, 0.2) is 5.78 Å². The van der Waals surface area contributed by atoms with Gasteiger partial charge in [-0.1, -0.05) is 11.6 Å². The lowest BCUT2D eigenvalue weighted by Gasteiger charge is -2.39. The number of hydrogen-bond donors (Lipinski definition) is 2. The third kappa shape index (κ3) is 4.01. The number of allylic oxidation sites excluding steroid dienone is 3. The zero-order valence-electron chi connectivity index (χ0n) is 17.0. The van der Waals surface area contributed by atoms with Crippen LogP contribution in [0.1, 0.15) is 42.5 Å². The molecule has 3 N–H and O–H groups in total. The molecule has 0 fully saturated rings. The van der Waals surface area contributed by atoms with Crippen molar-refractivity contribution in [3.05, 3.63) is 73.8 Å². The van der Waals surface area contributed by atoms with Crippen LogP contribution in [0.15, 0.2) is 58.4 Å². The van der Waals surface area contributed by atoms with Crippen molar-refractivity contribution in [2.45, 2.75) is 39.0 Å². The first kappa shape index (κ1) is 22.1. The Morgan fingerprint density at radius 1 is 1.30 bits per heavy atom. The van der Waals surface area contributed by atoms with Gasteiger partial charge in [0.2, 0.25) is 0 Å². The number of anilines is 1. The Kier molecular flexibility index (Phi) is 6.99. The first-order valence-corrected chi connectivity index (χ1v) is 11.1. The number of nitriles is 1. The van der Waals surface area contributed by atoms with Crippen LogP contribution in [0.4, 0.5) is 5.69 Å². The molecule has 2 aliphatic rings. The fourth-order valence-corrected chi connectivity index (χ4v) is 5.08. The monoisotopic (exact) mass is 441 g/mol. The Balaban J connectivity index is 0.000000806. The summed E-state index contributed by atoms with van der Waals surface area (Å²) in [4.78, 5) is 15.9. The molecule has 1 atom stereocenters. The Labute approximate surface area is 185 Å². The first-order chi connectivity index (χ1) is 14.4. The van der Waals surface area contributed by atoms with Crippen LogP contribution in [0.2, 0.25) is 5.02 Å². The van der Waals surface area contributed by atoms with Crippen LogP contribution in [0.3, 0.4) is 0 Å². The highest BCUT2D eigenvalue weighted by Crippen LogP contribution is 2.48. The summed E-state index contributed by atoms with van der Waals surface area (Å²) in [6.07, 6.45) is 2.05. The highest BCUT2D eigenvalue weighted by Gasteiger charge is 2.41. The summed E-state index contributed by atoms with van der Waals surface area (Å²) in [5, 5.41) is 20.1. The Morgan fingerprint density at radius 3 is 2.53 bits per heavy atom. The van der Waals surface area contributed by atoms with E-state index in [9.17, 15) is 10.1 Å². The maximum absolute atomic E-state index is 13.0. The Morgan fingerprint density at radius 2 is 1.97 bits per heavy atom. The van der Waals surface area contributed by atoms with Crippen LogP contribution in [-0.2, 0) is 4.79 Å². The number of thiophene rings is 1. The lowest BCUT2D eigenvalue weighted by Crippen LogP contribution is -2.38. The summed E-state index contributed by atoms with van der Waals surface area (Å²) in [6.45, 7) is 3.94. The molecule has 0 bridgehead atoms. The van der Waals surface area contributed by atoms with Crippen LogP contribution in [0.5, 0.6) is 0 Å². The zero-order valence-corrected chi connectivity index (χ0v) is 18.6. The van der Waals surface area contributed by atoms with Gasteiger partial charge in [0, 0.05) is 39.9 Å². The average molecular weight is 442 g/mol. The molecule has 1 aliphatic heterocycles. The highest BCUT2D eigenvalue weighted by atomic mass is 35.5. The van der Waals surface area contributed by atoms with Gasteiger partial charge in [-0.25, -0.2) is 0 Å². The molecule has 0 saturated heterocycles. The fraction of sp³-hybridized carbons (Fsp3) is 0.304. The molecule has 1 aromatic carbocycles. The fourth-order valence-electron chi connectivity index (χ4n) is 3.91. The summed E-state index contributed by atoms with van der Waals surface area (Å²) in [6, 6.07) is 11.6. The SMILES string of the molecule is CCO.Cc1ccsc1C1C(C#N)=C(N)N(c2ccc(Cl)cc2)C2=C1C(=O)CCC2. The van der Waals surface area contributed by atoms with Crippen LogP contribution >= 0.6 is 22.9 Å². The number of carbonyl (C=O) groups excluding carboxylic acids is 1. The van der Waals surface area contributed by atoms with Crippen LogP contribution in [-0.4, -0.2) is 17.5 Å². The number of aliphatic hydroxyl groups is 1. The number of Topliss-reactive ketones (excluding diaryl/α,β-unsaturated/α-hetero) is 1. The van der Waals surface area contributed by atoms with Gasteiger partial charge in [0.1, 0.15) is 5.82 Å². The molecule has 7 heteroatoms. The van der Waals surface area contributed by atoms with E-state index in [-0.39, 0.29) is 18.3 Å². The van der Waals surface area contributed by atoms with E-state index < -0.39 is 0 Å². The average Bonchev–Trinajstić information content (AvgIpc) is 3.14. The smallest absolute Gasteiger partial charge is 0.161 e. The van der Waals surface area contributed by atoms with Crippen molar-refractivity contribution < 1.29 is 9.90 Å². The third-order valence-corrected chi connectivity index (χ3v) is 6.50. The van der Waals surface area contributed by atoms with Crippen molar-refractivity contribution >= 4 is 34.4 Å². The molecule has 1 unspecified atom stereocenters. The van der Waals surface area contributed by atoms with E-state index in [1.807, 2.05) is 35.4 Å². The normalized spacial score (nSPS) is 18.6. The quantitative estimate of drug-likeness (QED) is 0.683. The predicted octanol–water partition coefficient (Wildman–Crippen LogP) is 5.01. The van der Waals surface area contributed by atoms with Gasteiger partial charge in [-0.2, -0.15) is 5.26 Å². The number of nitrogens with zero attached hydrogens (tertiary/aromatic N) is 2. The van der Waals surface area contributed by atoms with Gasteiger partial charge >= 0.3 is 0 Å². The minimum absolute atomic E-state index is 0.105. The Bertz CT molecular complexity index is 1050. The lowest BCUT2D eigenvalue weighted by molar-refractivity contribution is -0.116. The van der Waals surface area contributed by atoms with Crippen molar-refractivity contribution in [1.29, 1.82) is 5.26 Å². The largest absolute Gasteiger partial charge is 0.397 e. The molecule has 0 spiro atoms. The van der Waals surface area contributed by atoms with E-state index >= 15 is 0 Å². The highest BCUT2D eigenvalue weighted by molar-refractivity contribution is 7.10. The number of hydrogen-bond acceptors (Lipinski definition) is 6. The van der Waals surface area contributed by atoms with Crippen molar-refractivity contribution in [2.24, 2.45) is 5.73 Å². The lowest BCUT2D eigenvalue weighted by atomic mass is 9.77. The van der Waals surface area contributed by atoms with E-state index in [4.69, 9.17) is 22.4 Å². The summed E-state index contributed by atoms with van der Waals surface area (Å²) in [5.41, 5.74) is 10.5. The van der Waals surface area contributed by atoms with E-state index in [0.29, 0.717) is 28.4 Å². The van der Waals surface area contributed by atoms with Gasteiger partial charge in [-0.3, -0.25) is 9.69 Å². The minimum Gasteiger partial charge on any atom is -0.397 e. The maximum atomic E-state index is 13.0. The first-order valence-electron chi connectivity index (χ1n) is 9.81. The number of rotatable bonds is 2. The molecule has 4 rings (SSSR count). The molecule has 0 radical (unpaired) electrons. The van der Waals surface area contributed by atoms with Gasteiger partial charge < -0.3 is 10.8 Å². The molecule has 2 aromatic rings. The molecule has 5 nitrogen and oxygen atoms in total. The number of carbonyl (C=O) groups is 1. The second-order valence-electron chi connectivity index (χ2n) is 7.08. The van der Waals surface area contributed by atoms with Gasteiger partial charge in [0.05, 0.1) is 17.6 Å². The molecular weight excluding hydrogens is 418 g/mol. The second-order valence-corrected chi connectivity index (χ2v) is 8.46. The Hall–Kier alpha value is -2.59. The van der Waals surface area contributed by atoms with Crippen molar-refractivity contribution in [1.82, 2.24) is 0 Å². The number of halogens is 1. The van der Waals surface area contributed by atoms with Crippen LogP contribution in [0, 0.1) is 18.3 Å². The third-order valence-electron chi connectivity index (χ3n) is 5.16. The number of aryl methyl sites for hydroxylation is 1. The topological polar surface area (TPSA) is 90.3 Å². The molecule has 0 amide bonds. The molecule has 30 heavy (non-hydrogen) atoms. The van der Waals surface area contributed by atoms with Gasteiger partial charge in [0.25, 0.3) is 0 Å². The summed E-state index contributed by atoms with van der Waals surface area (Å²) >= 11 is 7.60. The van der Waals surface area contributed by atoms with E-state index in [1.165, 1.54) is 0 Å². The van der Waals surface area contributed by atoms with E-state index in [2.05, 4.69) is 6.07 Å². The minimum atomic E-state index is -0.374. The molecule has 1 aromatic heterocycles. The summed E-state index contributed by atoms with van der Waals surface area (Å²) < 4.78 is 0. The van der Waals surface area contributed by atoms with Crippen molar-refractivity contribution in [3.63, 3.8) is 0 Å². The van der Waals surface area contributed by atoms with E-state index in [1.54, 1.807) is 30.4 Å². The van der Waals surface area contributed by atoms with Gasteiger partial charge in [-0.15, -0.1) is 11.3 Å². The van der Waals surface area contributed by atoms with Crippen molar-refractivity contribution in [2.75, 3.05) is 11.5 Å². The number of ketones is 1. The van der Waals surface area contributed by atoms with Crippen LogP contribution < -0.4 is 10.6 Å². The summed E-state index contributed by atoms with van der Waals surface area (Å²) in [5.74, 6) is 0.126. The molecule has 0 saturated carbocycles. The molecule has 156 valence electrons. The molecule has 1 aliphatic carbocycles. The van der Waals surface area contributed by atoms with Gasteiger partial charge in [-0.05, 0) is 68.0 Å². The van der Waals surface area contributed by atoms with Crippen LogP contribution in [0.25, 0.3) is 0 Å². The number of benzene rings is 1. The second kappa shape index (κ2) is 9.48. The van der Waals surface area contributed by atoms with E-state index in [0.717, 1.165) is 34.7 Å². The van der Waals surface area contributed by atoms with Crippen molar-refractivity contribution in [3.8, 4) is 6.07 Å². The molecular formula is C23H24ClN3O2S. The zero-order chi connectivity index (χ0) is 21.8. The number of aliphatic hydroxyl groups excluding tert-OH is 1.